The van der Waals surface area contributed by atoms with Gasteiger partial charge in [-0.15, -0.1) is 0 Å². The highest BCUT2D eigenvalue weighted by molar-refractivity contribution is 7.89. The van der Waals surface area contributed by atoms with Crippen molar-refractivity contribution in [2.75, 3.05) is 26.2 Å². The van der Waals surface area contributed by atoms with E-state index in [-0.39, 0.29) is 42.4 Å². The van der Waals surface area contributed by atoms with Crippen LogP contribution < -0.4 is 0 Å². The lowest BCUT2D eigenvalue weighted by molar-refractivity contribution is 0.403. The standard InChI is InChI=1S/C17H22F2N4O4S2/c1-12-17(13(2)21(3)20-12)29(26,27)23-8-4-7-22(9-10-23)28(24,25)14-5-6-15(18)16(19)11-14/h5-6,11H,4,7-10H2,1-3H3. The van der Waals surface area contributed by atoms with E-state index in [2.05, 4.69) is 5.10 Å². The Balaban J connectivity index is 1.85. The van der Waals surface area contributed by atoms with Gasteiger partial charge in [-0.1, -0.05) is 0 Å². The first-order chi connectivity index (χ1) is 13.5. The fourth-order valence-corrected chi connectivity index (χ4v) is 6.75. The van der Waals surface area contributed by atoms with Crippen molar-refractivity contribution < 1.29 is 25.6 Å². The average molecular weight is 449 g/mol. The fraction of sp³-hybridized carbons (Fsp3) is 0.471. The van der Waals surface area contributed by atoms with Crippen molar-refractivity contribution >= 4 is 20.0 Å². The van der Waals surface area contributed by atoms with Crippen LogP contribution in [0.5, 0.6) is 0 Å². The van der Waals surface area contributed by atoms with Crippen molar-refractivity contribution in [3.05, 3.63) is 41.2 Å². The van der Waals surface area contributed by atoms with E-state index in [0.717, 1.165) is 16.4 Å². The van der Waals surface area contributed by atoms with E-state index in [1.54, 1.807) is 20.9 Å². The highest BCUT2D eigenvalue weighted by atomic mass is 32.2. The lowest BCUT2D eigenvalue weighted by atomic mass is 10.3. The van der Waals surface area contributed by atoms with Crippen LogP contribution in [0, 0.1) is 25.5 Å². The minimum Gasteiger partial charge on any atom is -0.271 e. The van der Waals surface area contributed by atoms with Crippen molar-refractivity contribution in [1.29, 1.82) is 0 Å². The molecule has 1 aromatic heterocycles. The van der Waals surface area contributed by atoms with Crippen LogP contribution in [-0.4, -0.2) is 61.4 Å². The molecule has 1 aliphatic rings. The van der Waals surface area contributed by atoms with E-state index in [9.17, 15) is 25.6 Å². The highest BCUT2D eigenvalue weighted by Gasteiger charge is 2.34. The molecule has 8 nitrogen and oxygen atoms in total. The van der Waals surface area contributed by atoms with E-state index in [4.69, 9.17) is 0 Å². The molecule has 0 bridgehead atoms. The summed E-state index contributed by atoms with van der Waals surface area (Å²) in [6, 6.07) is 2.38. The first-order valence-corrected chi connectivity index (χ1v) is 11.8. The van der Waals surface area contributed by atoms with E-state index in [0.29, 0.717) is 17.5 Å². The number of nitrogens with zero attached hydrogens (tertiary/aromatic N) is 4. The summed E-state index contributed by atoms with van der Waals surface area (Å²) in [6.45, 7) is 3.32. The van der Waals surface area contributed by atoms with Crippen LogP contribution in [-0.2, 0) is 27.1 Å². The van der Waals surface area contributed by atoms with Gasteiger partial charge in [0.15, 0.2) is 11.6 Å². The number of hydrogen-bond acceptors (Lipinski definition) is 5. The Morgan fingerprint density at radius 2 is 1.48 bits per heavy atom. The number of benzene rings is 1. The number of aromatic nitrogens is 2. The van der Waals surface area contributed by atoms with Crippen molar-refractivity contribution in [2.24, 2.45) is 7.05 Å². The average Bonchev–Trinajstić information content (AvgIpc) is 2.82. The van der Waals surface area contributed by atoms with Gasteiger partial charge in [0.1, 0.15) is 4.90 Å². The van der Waals surface area contributed by atoms with Crippen molar-refractivity contribution in [3.63, 3.8) is 0 Å². The molecule has 160 valence electrons. The molecule has 0 aliphatic carbocycles. The van der Waals surface area contributed by atoms with Crippen LogP contribution >= 0.6 is 0 Å². The highest BCUT2D eigenvalue weighted by Crippen LogP contribution is 2.25. The summed E-state index contributed by atoms with van der Waals surface area (Å²) < 4.78 is 82.3. The van der Waals surface area contributed by atoms with Crippen LogP contribution in [0.2, 0.25) is 0 Å². The van der Waals surface area contributed by atoms with Gasteiger partial charge in [-0.3, -0.25) is 4.68 Å². The van der Waals surface area contributed by atoms with Crippen LogP contribution in [0.3, 0.4) is 0 Å². The molecule has 1 aromatic carbocycles. The zero-order valence-electron chi connectivity index (χ0n) is 16.3. The predicted octanol–water partition coefficient (Wildman–Crippen LogP) is 1.40. The van der Waals surface area contributed by atoms with Crippen LogP contribution in [0.4, 0.5) is 8.78 Å². The maximum Gasteiger partial charge on any atom is 0.246 e. The molecule has 0 atom stereocenters. The number of sulfonamides is 2. The molecule has 0 N–H and O–H groups in total. The Morgan fingerprint density at radius 3 is 2.00 bits per heavy atom. The fourth-order valence-electron chi connectivity index (χ4n) is 3.39. The van der Waals surface area contributed by atoms with Gasteiger partial charge in [-0.2, -0.15) is 13.7 Å². The zero-order valence-corrected chi connectivity index (χ0v) is 17.9. The Kier molecular flexibility index (Phi) is 5.82. The van der Waals surface area contributed by atoms with Gasteiger partial charge in [0, 0.05) is 33.2 Å². The molecule has 0 spiro atoms. The SMILES string of the molecule is Cc1nn(C)c(C)c1S(=O)(=O)N1CCCN(S(=O)(=O)c2ccc(F)c(F)c2)CC1. The molecular formula is C17H22F2N4O4S2. The Morgan fingerprint density at radius 1 is 0.897 bits per heavy atom. The lowest BCUT2D eigenvalue weighted by Gasteiger charge is -2.22. The molecular weight excluding hydrogens is 426 g/mol. The van der Waals surface area contributed by atoms with Crippen LogP contribution in [0.15, 0.2) is 28.0 Å². The molecule has 0 radical (unpaired) electrons. The normalized spacial score (nSPS) is 17.4. The van der Waals surface area contributed by atoms with Gasteiger partial charge in [-0.25, -0.2) is 25.6 Å². The molecule has 3 rings (SSSR count). The minimum atomic E-state index is -4.08. The maximum absolute atomic E-state index is 13.5. The second kappa shape index (κ2) is 7.74. The number of halogens is 2. The Hall–Kier alpha value is -1.89. The maximum atomic E-state index is 13.5. The van der Waals surface area contributed by atoms with Crippen molar-refractivity contribution in [2.45, 2.75) is 30.1 Å². The predicted molar refractivity (Wildman–Crippen MR) is 101 cm³/mol. The van der Waals surface area contributed by atoms with Crippen LogP contribution in [0.1, 0.15) is 17.8 Å². The van der Waals surface area contributed by atoms with Gasteiger partial charge in [0.05, 0.1) is 16.3 Å². The Labute approximate surface area is 168 Å². The van der Waals surface area contributed by atoms with E-state index < -0.39 is 31.7 Å². The monoisotopic (exact) mass is 448 g/mol. The van der Waals surface area contributed by atoms with Gasteiger partial charge >= 0.3 is 0 Å². The molecule has 1 saturated heterocycles. The second-order valence-corrected chi connectivity index (χ2v) is 10.7. The first kappa shape index (κ1) is 21.8. The third-order valence-corrected chi connectivity index (χ3v) is 9.03. The quantitative estimate of drug-likeness (QED) is 0.705. The molecule has 2 heterocycles. The third-order valence-electron chi connectivity index (χ3n) is 4.98. The number of rotatable bonds is 4. The van der Waals surface area contributed by atoms with Gasteiger partial charge < -0.3 is 0 Å². The third kappa shape index (κ3) is 3.93. The zero-order chi connectivity index (χ0) is 21.6. The minimum absolute atomic E-state index is 0.0565. The topological polar surface area (TPSA) is 92.6 Å². The van der Waals surface area contributed by atoms with E-state index in [1.165, 1.54) is 8.99 Å². The van der Waals surface area contributed by atoms with Crippen molar-refractivity contribution in [3.8, 4) is 0 Å². The largest absolute Gasteiger partial charge is 0.271 e. The molecule has 0 amide bonds. The van der Waals surface area contributed by atoms with Gasteiger partial charge in [0.25, 0.3) is 0 Å². The van der Waals surface area contributed by atoms with Gasteiger partial charge in [-0.05, 0) is 38.5 Å². The number of hydrogen-bond donors (Lipinski definition) is 0. The number of aryl methyl sites for hydroxylation is 2. The summed E-state index contributed by atoms with van der Waals surface area (Å²) in [4.78, 5) is -0.247. The Bertz CT molecular complexity index is 1150. The summed E-state index contributed by atoms with van der Waals surface area (Å²) in [5, 5.41) is 4.14. The second-order valence-electron chi connectivity index (χ2n) is 6.86. The van der Waals surface area contributed by atoms with Gasteiger partial charge in [0.2, 0.25) is 20.0 Å². The molecule has 0 unspecified atom stereocenters. The van der Waals surface area contributed by atoms with E-state index in [1.807, 2.05) is 0 Å². The molecule has 12 heteroatoms. The smallest absolute Gasteiger partial charge is 0.246 e. The lowest BCUT2D eigenvalue weighted by Crippen LogP contribution is -2.37. The summed E-state index contributed by atoms with van der Waals surface area (Å²) in [7, 11) is -6.28. The molecule has 0 saturated carbocycles. The van der Waals surface area contributed by atoms with Crippen LogP contribution in [0.25, 0.3) is 0 Å². The molecule has 29 heavy (non-hydrogen) atoms. The summed E-state index contributed by atoms with van der Waals surface area (Å²) >= 11 is 0. The van der Waals surface area contributed by atoms with E-state index >= 15 is 0 Å². The van der Waals surface area contributed by atoms with Crippen molar-refractivity contribution in [1.82, 2.24) is 18.4 Å². The molecule has 2 aromatic rings. The first-order valence-electron chi connectivity index (χ1n) is 8.92. The molecule has 1 aliphatic heterocycles. The summed E-state index contributed by atoms with van der Waals surface area (Å²) in [6.07, 6.45) is 0.264. The molecule has 1 fully saturated rings. The summed E-state index contributed by atoms with van der Waals surface area (Å²) in [5.74, 6) is -2.40. The summed E-state index contributed by atoms with van der Waals surface area (Å²) in [5.41, 5.74) is 0.874.